The minimum atomic E-state index is -0.330. The van der Waals surface area contributed by atoms with E-state index in [0.717, 1.165) is 6.42 Å². The molecule has 1 rings (SSSR count). The topological polar surface area (TPSA) is 112 Å². The molecular weight excluding hydrogens is 302 g/mol. The summed E-state index contributed by atoms with van der Waals surface area (Å²) in [5.41, 5.74) is 0.202. The van der Waals surface area contributed by atoms with Crippen LogP contribution in [-0.4, -0.2) is 12.5 Å². The number of nitrogens with zero attached hydrogens (tertiary/aromatic N) is 3. The van der Waals surface area contributed by atoms with Crippen molar-refractivity contribution in [2.24, 2.45) is 0 Å². The predicted octanol–water partition coefficient (Wildman–Crippen LogP) is 2.72. The van der Waals surface area contributed by atoms with Gasteiger partial charge in [0.2, 0.25) is 0 Å². The Morgan fingerprint density at radius 3 is 2.41 bits per heavy atom. The number of halogens is 1. The predicted molar refractivity (Wildman–Crippen MR) is 81.6 cm³/mol. The number of anilines is 1. The normalized spacial score (nSPS) is 8.86. The van der Waals surface area contributed by atoms with E-state index in [1.165, 1.54) is 18.2 Å². The van der Waals surface area contributed by atoms with Gasteiger partial charge in [-0.3, -0.25) is 4.79 Å². The van der Waals surface area contributed by atoms with Gasteiger partial charge >= 0.3 is 0 Å². The number of nitrogens with one attached hydrogen (secondary N) is 2. The summed E-state index contributed by atoms with van der Waals surface area (Å²) in [7, 11) is 0. The van der Waals surface area contributed by atoms with Gasteiger partial charge in [0.15, 0.2) is 5.57 Å². The Labute approximate surface area is 133 Å². The summed E-state index contributed by atoms with van der Waals surface area (Å²) < 4.78 is 0. The van der Waals surface area contributed by atoms with E-state index in [2.05, 4.69) is 10.6 Å². The van der Waals surface area contributed by atoms with Crippen molar-refractivity contribution >= 4 is 23.2 Å². The molecule has 0 radical (unpaired) electrons. The van der Waals surface area contributed by atoms with Crippen LogP contribution in [0.3, 0.4) is 0 Å². The maximum Gasteiger partial charge on any atom is 0.252 e. The molecule has 1 aromatic carbocycles. The molecule has 0 saturated heterocycles. The first kappa shape index (κ1) is 17.0. The smallest absolute Gasteiger partial charge is 0.252 e. The van der Waals surface area contributed by atoms with Gasteiger partial charge in [-0.25, -0.2) is 0 Å². The Morgan fingerprint density at radius 2 is 1.91 bits per heavy atom. The summed E-state index contributed by atoms with van der Waals surface area (Å²) in [5.74, 6) is -0.288. The second-order valence-electron chi connectivity index (χ2n) is 4.16. The molecule has 0 bridgehead atoms. The van der Waals surface area contributed by atoms with Gasteiger partial charge in [-0.1, -0.05) is 18.5 Å². The molecule has 0 saturated carbocycles. The Hall–Kier alpha value is -3.01. The van der Waals surface area contributed by atoms with Crippen molar-refractivity contribution in [3.63, 3.8) is 0 Å². The molecule has 1 amide bonds. The monoisotopic (exact) mass is 313 g/mol. The number of benzene rings is 1. The highest BCUT2D eigenvalue weighted by atomic mass is 35.5. The number of hydrogen-bond acceptors (Lipinski definition) is 5. The van der Waals surface area contributed by atoms with Gasteiger partial charge in [0, 0.05) is 12.2 Å². The quantitative estimate of drug-likeness (QED) is 0.811. The third-order valence-corrected chi connectivity index (χ3v) is 2.92. The highest BCUT2D eigenvalue weighted by Crippen LogP contribution is 2.22. The number of hydrogen-bond donors (Lipinski definition) is 2. The van der Waals surface area contributed by atoms with Crippen LogP contribution in [0.4, 0.5) is 5.69 Å². The van der Waals surface area contributed by atoms with E-state index < -0.39 is 0 Å². The van der Waals surface area contributed by atoms with Crippen molar-refractivity contribution < 1.29 is 4.79 Å². The average Bonchev–Trinajstić information content (AvgIpc) is 2.52. The summed E-state index contributed by atoms with van der Waals surface area (Å²) >= 11 is 6.05. The molecule has 0 heterocycles. The van der Waals surface area contributed by atoms with E-state index in [1.807, 2.05) is 6.92 Å². The zero-order chi connectivity index (χ0) is 16.5. The van der Waals surface area contributed by atoms with Crippen LogP contribution in [0.1, 0.15) is 23.7 Å². The lowest BCUT2D eigenvalue weighted by molar-refractivity contribution is 0.0954. The second kappa shape index (κ2) is 8.32. The molecule has 2 N–H and O–H groups in total. The molecule has 0 aromatic heterocycles. The van der Waals surface area contributed by atoms with Gasteiger partial charge in [-0.05, 0) is 24.6 Å². The van der Waals surface area contributed by atoms with Gasteiger partial charge in [0.25, 0.3) is 5.91 Å². The lowest BCUT2D eigenvalue weighted by Crippen LogP contribution is -2.24. The first-order valence-corrected chi connectivity index (χ1v) is 6.74. The third kappa shape index (κ3) is 4.24. The number of amides is 1. The molecule has 0 aliphatic rings. The fraction of sp³-hybridized carbons (Fsp3) is 0.200. The lowest BCUT2D eigenvalue weighted by atomic mass is 10.1. The Bertz CT molecular complexity index is 718. The van der Waals surface area contributed by atoms with Crippen LogP contribution in [0.2, 0.25) is 5.02 Å². The molecule has 0 aliphatic heterocycles. The summed E-state index contributed by atoms with van der Waals surface area (Å²) in [6, 6.07) is 9.48. The fourth-order valence-electron chi connectivity index (χ4n) is 1.54. The SMILES string of the molecule is CCCNC(=O)c1ccc(NC(C#N)=C(C#N)C#N)cc1Cl. The Kier molecular flexibility index (Phi) is 6.44. The van der Waals surface area contributed by atoms with Gasteiger partial charge in [-0.2, -0.15) is 15.8 Å². The summed E-state index contributed by atoms with van der Waals surface area (Å²) in [6.07, 6.45) is 0.810. The van der Waals surface area contributed by atoms with Crippen LogP contribution in [0.5, 0.6) is 0 Å². The Balaban J connectivity index is 3.03. The van der Waals surface area contributed by atoms with Crippen LogP contribution in [0.25, 0.3) is 0 Å². The molecule has 0 atom stereocenters. The molecule has 0 aliphatic carbocycles. The summed E-state index contributed by atoms with van der Waals surface area (Å²) in [5, 5.41) is 32.0. The van der Waals surface area contributed by atoms with Crippen LogP contribution < -0.4 is 10.6 Å². The van der Waals surface area contributed by atoms with Crippen molar-refractivity contribution in [3.05, 3.63) is 40.1 Å². The molecule has 0 fully saturated rings. The fourth-order valence-corrected chi connectivity index (χ4v) is 1.80. The minimum Gasteiger partial charge on any atom is -0.352 e. The molecule has 22 heavy (non-hydrogen) atoms. The third-order valence-electron chi connectivity index (χ3n) is 2.60. The van der Waals surface area contributed by atoms with Crippen LogP contribution in [-0.2, 0) is 0 Å². The molecule has 0 unspecified atom stereocenters. The minimum absolute atomic E-state index is 0.177. The number of rotatable bonds is 5. The maximum atomic E-state index is 11.9. The average molecular weight is 314 g/mol. The molecule has 110 valence electrons. The van der Waals surface area contributed by atoms with Crippen molar-refractivity contribution in [2.45, 2.75) is 13.3 Å². The number of carbonyl (C=O) groups is 1. The van der Waals surface area contributed by atoms with Gasteiger partial charge in [-0.15, -0.1) is 0 Å². The maximum absolute atomic E-state index is 11.9. The Morgan fingerprint density at radius 1 is 1.23 bits per heavy atom. The van der Waals surface area contributed by atoms with Crippen molar-refractivity contribution in [3.8, 4) is 18.2 Å². The van der Waals surface area contributed by atoms with E-state index in [1.54, 1.807) is 18.2 Å². The number of allylic oxidation sites excluding steroid dienone is 2. The van der Waals surface area contributed by atoms with Crippen LogP contribution in [0.15, 0.2) is 29.5 Å². The first-order chi connectivity index (χ1) is 10.6. The zero-order valence-corrected chi connectivity index (χ0v) is 12.5. The highest BCUT2D eigenvalue weighted by molar-refractivity contribution is 6.34. The van der Waals surface area contributed by atoms with E-state index in [-0.39, 0.29) is 22.2 Å². The van der Waals surface area contributed by atoms with Crippen LogP contribution in [0, 0.1) is 34.0 Å². The molecule has 6 nitrogen and oxygen atoms in total. The molecule has 0 spiro atoms. The van der Waals surface area contributed by atoms with Crippen molar-refractivity contribution in [1.82, 2.24) is 5.32 Å². The second-order valence-corrected chi connectivity index (χ2v) is 4.57. The van der Waals surface area contributed by atoms with E-state index in [0.29, 0.717) is 17.8 Å². The standard InChI is InChI=1S/C15H12ClN5O/c1-2-5-20-15(22)12-4-3-11(6-13(12)16)21-14(9-19)10(7-17)8-18/h3-4,6,21H,2,5H2,1H3,(H,20,22). The molecule has 7 heteroatoms. The zero-order valence-electron chi connectivity index (χ0n) is 11.8. The summed E-state index contributed by atoms with van der Waals surface area (Å²) in [4.78, 5) is 11.9. The van der Waals surface area contributed by atoms with Gasteiger partial charge in [0.1, 0.15) is 23.9 Å². The van der Waals surface area contributed by atoms with Gasteiger partial charge in [0.05, 0.1) is 10.6 Å². The van der Waals surface area contributed by atoms with Crippen LogP contribution >= 0.6 is 11.6 Å². The lowest BCUT2D eigenvalue weighted by Gasteiger charge is -2.09. The number of nitriles is 3. The van der Waals surface area contributed by atoms with E-state index >= 15 is 0 Å². The largest absolute Gasteiger partial charge is 0.352 e. The van der Waals surface area contributed by atoms with Crippen molar-refractivity contribution in [1.29, 1.82) is 15.8 Å². The summed E-state index contributed by atoms with van der Waals surface area (Å²) in [6.45, 7) is 2.48. The van der Waals surface area contributed by atoms with Gasteiger partial charge < -0.3 is 10.6 Å². The number of carbonyl (C=O) groups excluding carboxylic acids is 1. The van der Waals surface area contributed by atoms with E-state index in [4.69, 9.17) is 27.4 Å². The molecule has 1 aromatic rings. The first-order valence-electron chi connectivity index (χ1n) is 6.36. The van der Waals surface area contributed by atoms with E-state index in [9.17, 15) is 4.79 Å². The highest BCUT2D eigenvalue weighted by Gasteiger charge is 2.12. The molecular formula is C15H12ClN5O. The van der Waals surface area contributed by atoms with Crippen molar-refractivity contribution in [2.75, 3.05) is 11.9 Å².